The van der Waals surface area contributed by atoms with Gasteiger partial charge in [-0.15, -0.1) is 0 Å². The van der Waals surface area contributed by atoms with E-state index in [0.29, 0.717) is 11.4 Å². The van der Waals surface area contributed by atoms with Gasteiger partial charge >= 0.3 is 0 Å². The zero-order valence-corrected chi connectivity index (χ0v) is 21.0. The Morgan fingerprint density at radius 1 is 0.462 bits per heavy atom. The molecule has 0 aliphatic carbocycles. The van der Waals surface area contributed by atoms with Gasteiger partial charge in [0.15, 0.2) is 0 Å². The Bertz CT molecular complexity index is 1570. The summed E-state index contributed by atoms with van der Waals surface area (Å²) in [6.45, 7) is 0. The van der Waals surface area contributed by atoms with E-state index in [2.05, 4.69) is 4.98 Å². The molecular weight excluding hydrogens is 484 g/mol. The Morgan fingerprint density at radius 2 is 0.897 bits per heavy atom. The molecular formula is C33H26N4O2. The van der Waals surface area contributed by atoms with E-state index in [1.54, 1.807) is 0 Å². The minimum atomic E-state index is 0.697. The zero-order chi connectivity index (χ0) is 26.6. The van der Waals surface area contributed by atoms with Gasteiger partial charge in [0.05, 0.1) is 11.4 Å². The number of ether oxygens (including phenoxy) is 2. The molecule has 0 spiro atoms. The fourth-order valence-electron chi connectivity index (χ4n) is 4.24. The third-order valence-corrected chi connectivity index (χ3v) is 6.25. The number of nitrogens with two attached hydrogens (primary N) is 2. The number of nitrogen functional groups attached to an aromatic ring is 2. The van der Waals surface area contributed by atoms with Crippen LogP contribution in [-0.2, 0) is 0 Å². The van der Waals surface area contributed by atoms with Crippen LogP contribution >= 0.6 is 0 Å². The van der Waals surface area contributed by atoms with Crippen LogP contribution in [0.5, 0.6) is 23.0 Å². The summed E-state index contributed by atoms with van der Waals surface area (Å²) in [5, 5.41) is 0. The highest BCUT2D eigenvalue weighted by molar-refractivity contribution is 5.81. The van der Waals surface area contributed by atoms with Crippen LogP contribution < -0.4 is 20.9 Å². The molecule has 0 radical (unpaired) electrons. The van der Waals surface area contributed by atoms with Gasteiger partial charge in [-0.1, -0.05) is 30.3 Å². The van der Waals surface area contributed by atoms with Crippen molar-refractivity contribution in [2.45, 2.75) is 0 Å². The van der Waals surface area contributed by atoms with Gasteiger partial charge in [0, 0.05) is 28.1 Å². The molecule has 1 aromatic heterocycles. The summed E-state index contributed by atoms with van der Waals surface area (Å²) in [6, 6.07) is 40.6. The Hall–Kier alpha value is -5.49. The second-order valence-corrected chi connectivity index (χ2v) is 9.07. The van der Waals surface area contributed by atoms with Gasteiger partial charge < -0.3 is 25.9 Å². The molecule has 0 unspecified atom stereocenters. The highest BCUT2D eigenvalue weighted by atomic mass is 16.5. The van der Waals surface area contributed by atoms with Crippen molar-refractivity contribution in [3.8, 4) is 56.9 Å². The van der Waals surface area contributed by atoms with Gasteiger partial charge in [-0.25, -0.2) is 4.98 Å². The predicted octanol–water partition coefficient (Wildman–Crippen LogP) is 8.16. The van der Waals surface area contributed by atoms with Crippen LogP contribution in [0.3, 0.4) is 0 Å². The first kappa shape index (κ1) is 23.9. The molecule has 6 heteroatoms. The summed E-state index contributed by atoms with van der Waals surface area (Å²) in [5.41, 5.74) is 17.7. The average Bonchev–Trinajstić information content (AvgIpc) is 3.42. The Balaban J connectivity index is 1.31. The lowest BCUT2D eigenvalue weighted by molar-refractivity contribution is 0.482. The van der Waals surface area contributed by atoms with E-state index in [0.717, 1.165) is 56.9 Å². The van der Waals surface area contributed by atoms with Crippen molar-refractivity contribution in [2.24, 2.45) is 0 Å². The van der Waals surface area contributed by atoms with E-state index in [9.17, 15) is 0 Å². The number of hydrogen-bond donors (Lipinski definition) is 3. The van der Waals surface area contributed by atoms with E-state index < -0.39 is 0 Å². The molecule has 39 heavy (non-hydrogen) atoms. The second-order valence-electron chi connectivity index (χ2n) is 9.07. The molecule has 0 aliphatic rings. The van der Waals surface area contributed by atoms with Gasteiger partial charge in [0.25, 0.3) is 0 Å². The maximum Gasteiger partial charge on any atom is 0.138 e. The SMILES string of the molecule is Nc1ccc(Oc2ccc(-c3nc(-c4ccccc4)[nH]c3-c3ccc(Oc4ccc(N)cc4)cc3)cc2)cc1. The lowest BCUT2D eigenvalue weighted by atomic mass is 10.0. The summed E-state index contributed by atoms with van der Waals surface area (Å²) in [5.74, 6) is 3.71. The monoisotopic (exact) mass is 510 g/mol. The normalized spacial score (nSPS) is 10.8. The third kappa shape index (κ3) is 5.45. The molecule has 0 atom stereocenters. The number of hydrogen-bond acceptors (Lipinski definition) is 5. The average molecular weight is 511 g/mol. The number of imidazole rings is 1. The van der Waals surface area contributed by atoms with Crippen molar-refractivity contribution in [2.75, 3.05) is 11.5 Å². The van der Waals surface area contributed by atoms with E-state index >= 15 is 0 Å². The Morgan fingerprint density at radius 3 is 1.38 bits per heavy atom. The van der Waals surface area contributed by atoms with Crippen LogP contribution in [0.2, 0.25) is 0 Å². The molecule has 6 nitrogen and oxygen atoms in total. The summed E-state index contributed by atoms with van der Waals surface area (Å²) in [6.07, 6.45) is 0. The first-order valence-electron chi connectivity index (χ1n) is 12.5. The summed E-state index contributed by atoms with van der Waals surface area (Å²) < 4.78 is 12.0. The van der Waals surface area contributed by atoms with Crippen LogP contribution in [0.1, 0.15) is 0 Å². The smallest absolute Gasteiger partial charge is 0.138 e. The number of H-pyrrole nitrogens is 1. The summed E-state index contributed by atoms with van der Waals surface area (Å²) in [7, 11) is 0. The van der Waals surface area contributed by atoms with Crippen molar-refractivity contribution in [1.29, 1.82) is 0 Å². The van der Waals surface area contributed by atoms with E-state index in [1.807, 2.05) is 127 Å². The number of nitrogens with zero attached hydrogens (tertiary/aromatic N) is 1. The van der Waals surface area contributed by atoms with Crippen molar-refractivity contribution in [1.82, 2.24) is 9.97 Å². The Kier molecular flexibility index (Phi) is 6.41. The standard InChI is InChI=1S/C33H26N4O2/c34-25-10-18-29(19-11-25)38-27-14-6-22(7-15-27)31-32(37-33(36-31)24-4-2-1-3-5-24)23-8-16-28(17-9-23)39-30-20-12-26(35)13-21-30/h1-21H,34-35H2,(H,36,37). The van der Waals surface area contributed by atoms with Crippen LogP contribution in [0, 0.1) is 0 Å². The molecule has 6 rings (SSSR count). The third-order valence-electron chi connectivity index (χ3n) is 6.25. The first-order valence-corrected chi connectivity index (χ1v) is 12.5. The van der Waals surface area contributed by atoms with Crippen molar-refractivity contribution in [3.63, 3.8) is 0 Å². The zero-order valence-electron chi connectivity index (χ0n) is 21.0. The maximum atomic E-state index is 5.98. The number of aromatic nitrogens is 2. The van der Waals surface area contributed by atoms with Gasteiger partial charge in [-0.05, 0) is 97.1 Å². The molecule has 0 aliphatic heterocycles. The van der Waals surface area contributed by atoms with Gasteiger partial charge in [-0.2, -0.15) is 0 Å². The topological polar surface area (TPSA) is 99.2 Å². The minimum absolute atomic E-state index is 0.697. The van der Waals surface area contributed by atoms with Crippen LogP contribution in [-0.4, -0.2) is 9.97 Å². The first-order chi connectivity index (χ1) is 19.1. The number of benzene rings is 5. The lowest BCUT2D eigenvalue weighted by Crippen LogP contribution is -1.88. The van der Waals surface area contributed by atoms with E-state index in [1.165, 1.54) is 0 Å². The minimum Gasteiger partial charge on any atom is -0.457 e. The number of rotatable bonds is 7. The Labute approximate surface area is 226 Å². The largest absolute Gasteiger partial charge is 0.457 e. The highest BCUT2D eigenvalue weighted by Gasteiger charge is 2.16. The van der Waals surface area contributed by atoms with Gasteiger partial charge in [0.1, 0.15) is 28.8 Å². The lowest BCUT2D eigenvalue weighted by Gasteiger charge is -2.09. The fourth-order valence-corrected chi connectivity index (χ4v) is 4.24. The van der Waals surface area contributed by atoms with Crippen molar-refractivity contribution in [3.05, 3.63) is 127 Å². The quantitative estimate of drug-likeness (QED) is 0.188. The van der Waals surface area contributed by atoms with Crippen LogP contribution in [0.15, 0.2) is 127 Å². The molecule has 0 amide bonds. The molecule has 0 saturated heterocycles. The molecule has 0 fully saturated rings. The molecule has 190 valence electrons. The van der Waals surface area contributed by atoms with E-state index in [4.69, 9.17) is 25.9 Å². The van der Waals surface area contributed by atoms with Crippen LogP contribution in [0.4, 0.5) is 11.4 Å². The molecule has 0 bridgehead atoms. The van der Waals surface area contributed by atoms with Crippen molar-refractivity contribution < 1.29 is 9.47 Å². The molecule has 5 N–H and O–H groups in total. The fraction of sp³-hybridized carbons (Fsp3) is 0. The van der Waals surface area contributed by atoms with Gasteiger partial charge in [0.2, 0.25) is 0 Å². The highest BCUT2D eigenvalue weighted by Crippen LogP contribution is 2.35. The molecule has 6 aromatic rings. The maximum absolute atomic E-state index is 5.98. The van der Waals surface area contributed by atoms with Crippen molar-refractivity contribution >= 4 is 11.4 Å². The molecule has 1 heterocycles. The predicted molar refractivity (Wildman–Crippen MR) is 157 cm³/mol. The molecule has 0 saturated carbocycles. The summed E-state index contributed by atoms with van der Waals surface area (Å²) in [4.78, 5) is 8.53. The van der Waals surface area contributed by atoms with Gasteiger partial charge in [-0.3, -0.25) is 0 Å². The van der Waals surface area contributed by atoms with E-state index in [-0.39, 0.29) is 0 Å². The number of aromatic amines is 1. The van der Waals surface area contributed by atoms with Crippen LogP contribution in [0.25, 0.3) is 33.9 Å². The number of anilines is 2. The summed E-state index contributed by atoms with van der Waals surface area (Å²) >= 11 is 0. The number of nitrogens with one attached hydrogen (secondary N) is 1. The molecule has 5 aromatic carbocycles. The second kappa shape index (κ2) is 10.5.